The molecule has 1 atom stereocenters. The first-order valence-electron chi connectivity index (χ1n) is 9.44. The van der Waals surface area contributed by atoms with Gasteiger partial charge in [0.1, 0.15) is 11.6 Å². The molecule has 3 aromatic rings. The standard InChI is InChI=1S/C23H19FN2O4S/c1-13-19(22(28)30-3)20(14-8-10-16(29-2)11-9-14)26-21(27)18(31-23(26)25-13)12-15-6-4-5-7-17(15)24/h4-12,20H,1-3H3/b18-12+. The smallest absolute Gasteiger partial charge is 0.338 e. The minimum atomic E-state index is -0.725. The first kappa shape index (κ1) is 20.7. The molecule has 1 aliphatic rings. The molecule has 2 heterocycles. The summed E-state index contributed by atoms with van der Waals surface area (Å²) in [5, 5.41) is 0. The van der Waals surface area contributed by atoms with E-state index in [1.165, 1.54) is 23.8 Å². The van der Waals surface area contributed by atoms with E-state index in [9.17, 15) is 14.0 Å². The maximum absolute atomic E-state index is 14.1. The molecule has 0 bridgehead atoms. The fourth-order valence-corrected chi connectivity index (χ4v) is 4.57. The third kappa shape index (κ3) is 3.70. The summed E-state index contributed by atoms with van der Waals surface area (Å²) in [5.74, 6) is -0.340. The molecular formula is C23H19FN2O4S. The topological polar surface area (TPSA) is 69.9 Å². The molecule has 1 unspecified atom stereocenters. The Morgan fingerprint density at radius 1 is 1.16 bits per heavy atom. The second kappa shape index (κ2) is 8.31. The first-order valence-corrected chi connectivity index (χ1v) is 10.3. The number of carbonyl (C=O) groups excluding carboxylic acids is 1. The molecule has 6 nitrogen and oxygen atoms in total. The Bertz CT molecular complexity index is 1370. The molecule has 0 spiro atoms. The number of thiazole rings is 1. The summed E-state index contributed by atoms with van der Waals surface area (Å²) in [5.41, 5.74) is 1.39. The van der Waals surface area contributed by atoms with Crippen molar-refractivity contribution in [1.82, 2.24) is 4.57 Å². The molecule has 0 N–H and O–H groups in total. The number of aromatic nitrogens is 1. The summed E-state index contributed by atoms with van der Waals surface area (Å²) in [6, 6.07) is 12.6. The zero-order chi connectivity index (χ0) is 22.1. The average Bonchev–Trinajstić information content (AvgIpc) is 3.08. The highest BCUT2D eigenvalue weighted by atomic mass is 32.1. The van der Waals surface area contributed by atoms with Crippen molar-refractivity contribution < 1.29 is 18.7 Å². The number of hydrogen-bond donors (Lipinski definition) is 0. The van der Waals surface area contributed by atoms with Crippen molar-refractivity contribution in [1.29, 1.82) is 0 Å². The largest absolute Gasteiger partial charge is 0.497 e. The molecule has 4 rings (SSSR count). The van der Waals surface area contributed by atoms with E-state index in [0.29, 0.717) is 31.9 Å². The lowest BCUT2D eigenvalue weighted by atomic mass is 9.96. The van der Waals surface area contributed by atoms with E-state index in [-0.39, 0.29) is 11.1 Å². The summed E-state index contributed by atoms with van der Waals surface area (Å²) in [6.45, 7) is 1.71. The van der Waals surface area contributed by atoms with E-state index >= 15 is 0 Å². The number of halogens is 1. The molecule has 158 valence electrons. The number of methoxy groups -OCH3 is 2. The molecular weight excluding hydrogens is 419 g/mol. The summed E-state index contributed by atoms with van der Waals surface area (Å²) >= 11 is 1.15. The summed E-state index contributed by atoms with van der Waals surface area (Å²) in [4.78, 5) is 30.9. The average molecular weight is 438 g/mol. The Labute approximate surface area is 181 Å². The predicted molar refractivity (Wildman–Crippen MR) is 115 cm³/mol. The Morgan fingerprint density at radius 2 is 1.87 bits per heavy atom. The van der Waals surface area contributed by atoms with Crippen LogP contribution in [-0.2, 0) is 9.53 Å². The fourth-order valence-electron chi connectivity index (χ4n) is 3.53. The number of fused-ring (bicyclic) bond motifs is 1. The van der Waals surface area contributed by atoms with Crippen molar-refractivity contribution in [2.24, 2.45) is 4.99 Å². The number of rotatable bonds is 4. The van der Waals surface area contributed by atoms with Crippen LogP contribution in [0.3, 0.4) is 0 Å². The van der Waals surface area contributed by atoms with Crippen molar-refractivity contribution >= 4 is 23.4 Å². The van der Waals surface area contributed by atoms with Gasteiger partial charge in [0, 0.05) is 5.56 Å². The summed E-state index contributed by atoms with van der Waals surface area (Å²) in [7, 11) is 2.85. The van der Waals surface area contributed by atoms with Crippen molar-refractivity contribution in [3.8, 4) is 5.75 Å². The number of benzene rings is 2. The van der Waals surface area contributed by atoms with Crippen LogP contribution in [0.15, 0.2) is 69.6 Å². The molecule has 1 aromatic heterocycles. The van der Waals surface area contributed by atoms with Crippen molar-refractivity contribution in [3.63, 3.8) is 0 Å². The van der Waals surface area contributed by atoms with Gasteiger partial charge in [-0.05, 0) is 36.8 Å². The monoisotopic (exact) mass is 438 g/mol. The van der Waals surface area contributed by atoms with E-state index in [4.69, 9.17) is 9.47 Å². The lowest BCUT2D eigenvalue weighted by molar-refractivity contribution is -0.136. The lowest BCUT2D eigenvalue weighted by Crippen LogP contribution is -2.39. The molecule has 0 saturated heterocycles. The number of hydrogen-bond acceptors (Lipinski definition) is 6. The number of esters is 1. The quantitative estimate of drug-likeness (QED) is 0.587. The van der Waals surface area contributed by atoms with Crippen molar-refractivity contribution in [2.75, 3.05) is 14.2 Å². The van der Waals surface area contributed by atoms with Crippen molar-refractivity contribution in [2.45, 2.75) is 13.0 Å². The molecule has 0 aliphatic carbocycles. The van der Waals surface area contributed by atoms with E-state index in [2.05, 4.69) is 4.99 Å². The van der Waals surface area contributed by atoms with Crippen LogP contribution < -0.4 is 19.6 Å². The Hall–Kier alpha value is -3.52. The van der Waals surface area contributed by atoms with Gasteiger partial charge in [-0.1, -0.05) is 41.7 Å². The van der Waals surface area contributed by atoms with Crippen LogP contribution in [0.4, 0.5) is 4.39 Å². The van der Waals surface area contributed by atoms with E-state index in [1.807, 2.05) is 0 Å². The van der Waals surface area contributed by atoms with Gasteiger partial charge in [-0.3, -0.25) is 9.36 Å². The molecule has 0 amide bonds. The van der Waals surface area contributed by atoms with E-state index in [1.54, 1.807) is 56.5 Å². The fraction of sp³-hybridized carbons (Fsp3) is 0.174. The first-order chi connectivity index (χ1) is 14.9. The molecule has 31 heavy (non-hydrogen) atoms. The molecule has 8 heteroatoms. The molecule has 1 aliphatic heterocycles. The normalized spacial score (nSPS) is 16.0. The highest BCUT2D eigenvalue weighted by Crippen LogP contribution is 2.31. The molecule has 2 aromatic carbocycles. The molecule has 0 saturated carbocycles. The van der Waals surface area contributed by atoms with Crippen LogP contribution in [0.5, 0.6) is 5.75 Å². The van der Waals surface area contributed by atoms with Gasteiger partial charge in [0.15, 0.2) is 4.80 Å². The third-order valence-corrected chi connectivity index (χ3v) is 6.03. The van der Waals surface area contributed by atoms with Gasteiger partial charge in [0.05, 0.1) is 36.1 Å². The van der Waals surface area contributed by atoms with Crippen LogP contribution in [0.25, 0.3) is 6.08 Å². The maximum atomic E-state index is 14.1. The highest BCUT2D eigenvalue weighted by Gasteiger charge is 2.33. The van der Waals surface area contributed by atoms with Crippen LogP contribution in [0.2, 0.25) is 0 Å². The highest BCUT2D eigenvalue weighted by molar-refractivity contribution is 7.07. The molecule has 0 radical (unpaired) electrons. The van der Waals surface area contributed by atoms with Crippen LogP contribution in [-0.4, -0.2) is 24.8 Å². The minimum absolute atomic E-state index is 0.275. The number of ether oxygens (including phenoxy) is 2. The van der Waals surface area contributed by atoms with Crippen LogP contribution in [0, 0.1) is 5.82 Å². The zero-order valence-electron chi connectivity index (χ0n) is 17.1. The Morgan fingerprint density at radius 3 is 2.52 bits per heavy atom. The molecule has 0 fully saturated rings. The number of carbonyl (C=O) groups is 1. The third-order valence-electron chi connectivity index (χ3n) is 5.05. The summed E-state index contributed by atoms with van der Waals surface area (Å²) in [6.07, 6.45) is 1.50. The second-order valence-electron chi connectivity index (χ2n) is 6.87. The van der Waals surface area contributed by atoms with Gasteiger partial charge < -0.3 is 9.47 Å². The SMILES string of the molecule is COC(=O)C1=C(C)N=c2s/c(=C/c3ccccc3F)c(=O)n2C1c1ccc(OC)cc1. The van der Waals surface area contributed by atoms with Crippen LogP contribution >= 0.6 is 11.3 Å². The Kier molecular flexibility index (Phi) is 5.56. The van der Waals surface area contributed by atoms with Gasteiger partial charge >= 0.3 is 5.97 Å². The maximum Gasteiger partial charge on any atom is 0.338 e. The van der Waals surface area contributed by atoms with E-state index < -0.39 is 17.8 Å². The second-order valence-corrected chi connectivity index (χ2v) is 7.88. The van der Waals surface area contributed by atoms with Gasteiger partial charge in [-0.25, -0.2) is 14.2 Å². The van der Waals surface area contributed by atoms with Crippen molar-refractivity contribution in [3.05, 3.63) is 96.4 Å². The zero-order valence-corrected chi connectivity index (χ0v) is 17.9. The summed E-state index contributed by atoms with van der Waals surface area (Å²) < 4.78 is 26.1. The number of allylic oxidation sites excluding steroid dienone is 1. The predicted octanol–water partition coefficient (Wildman–Crippen LogP) is 2.56. The van der Waals surface area contributed by atoms with Gasteiger partial charge in [0.2, 0.25) is 0 Å². The lowest BCUT2D eigenvalue weighted by Gasteiger charge is -2.24. The minimum Gasteiger partial charge on any atom is -0.497 e. The van der Waals surface area contributed by atoms with Gasteiger partial charge in [-0.15, -0.1) is 0 Å². The van der Waals surface area contributed by atoms with Gasteiger partial charge in [0.25, 0.3) is 5.56 Å². The Balaban J connectivity index is 1.97. The number of nitrogens with zero attached hydrogens (tertiary/aromatic N) is 2. The van der Waals surface area contributed by atoms with E-state index in [0.717, 1.165) is 11.3 Å². The van der Waals surface area contributed by atoms with Gasteiger partial charge in [-0.2, -0.15) is 0 Å². The van der Waals surface area contributed by atoms with Crippen LogP contribution in [0.1, 0.15) is 24.1 Å².